The first kappa shape index (κ1) is 17.3. The maximum absolute atomic E-state index is 12.1. The molecule has 132 valence electrons. The summed E-state index contributed by atoms with van der Waals surface area (Å²) in [6.07, 6.45) is 3.12. The van der Waals surface area contributed by atoms with E-state index in [0.717, 1.165) is 49.3 Å². The maximum Gasteiger partial charge on any atom is 0.255 e. The van der Waals surface area contributed by atoms with Crippen LogP contribution in [0.4, 0.5) is 5.13 Å². The summed E-state index contributed by atoms with van der Waals surface area (Å²) < 4.78 is 5.39. The molecule has 0 aliphatic carbocycles. The van der Waals surface area contributed by atoms with Crippen molar-refractivity contribution < 1.29 is 14.3 Å². The normalized spacial score (nSPS) is 20.6. The van der Waals surface area contributed by atoms with Gasteiger partial charge in [-0.05, 0) is 19.3 Å². The largest absolute Gasteiger partial charge is 0.368 e. The van der Waals surface area contributed by atoms with Crippen LogP contribution in [0.2, 0.25) is 0 Å². The lowest BCUT2D eigenvalue weighted by Crippen LogP contribution is -2.39. The van der Waals surface area contributed by atoms with Crippen molar-refractivity contribution >= 4 is 28.3 Å². The molecule has 2 aliphatic heterocycles. The first-order chi connectivity index (χ1) is 11.7. The van der Waals surface area contributed by atoms with Crippen molar-refractivity contribution in [3.8, 4) is 0 Å². The Morgan fingerprint density at radius 1 is 1.46 bits per heavy atom. The Morgan fingerprint density at radius 2 is 2.33 bits per heavy atom. The van der Waals surface area contributed by atoms with Crippen molar-refractivity contribution in [2.45, 2.75) is 45.3 Å². The van der Waals surface area contributed by atoms with Crippen molar-refractivity contribution in [2.75, 3.05) is 31.6 Å². The zero-order chi connectivity index (χ0) is 16.9. The van der Waals surface area contributed by atoms with Crippen LogP contribution in [0.15, 0.2) is 0 Å². The second-order valence-corrected chi connectivity index (χ2v) is 7.27. The summed E-state index contributed by atoms with van der Waals surface area (Å²) in [6, 6.07) is 0. The number of thiazole rings is 1. The van der Waals surface area contributed by atoms with Gasteiger partial charge in [-0.25, -0.2) is 4.98 Å². The summed E-state index contributed by atoms with van der Waals surface area (Å²) in [5.41, 5.74) is 1.04. The summed E-state index contributed by atoms with van der Waals surface area (Å²) in [5.74, 6) is -0.0360. The zero-order valence-electron chi connectivity index (χ0n) is 14.0. The third kappa shape index (κ3) is 4.31. The standard InChI is InChI=1S/C16H24N4O3S/c1-2-6-17-14(21)10-20-7-5-11-13(9-20)24-16(18-11)19-15(22)12-4-3-8-23-12/h12H,2-10H2,1H3,(H,17,21)(H,18,19,22). The van der Waals surface area contributed by atoms with E-state index in [4.69, 9.17) is 4.74 Å². The summed E-state index contributed by atoms with van der Waals surface area (Å²) in [5, 5.41) is 6.41. The third-order valence-corrected chi connectivity index (χ3v) is 5.20. The lowest BCUT2D eigenvalue weighted by Gasteiger charge is -2.25. The topological polar surface area (TPSA) is 83.6 Å². The van der Waals surface area contributed by atoms with Gasteiger partial charge in [-0.2, -0.15) is 0 Å². The number of carbonyl (C=O) groups excluding carboxylic acids is 2. The molecule has 1 fully saturated rings. The van der Waals surface area contributed by atoms with E-state index in [1.165, 1.54) is 11.3 Å². The number of nitrogens with one attached hydrogen (secondary N) is 2. The molecule has 1 aromatic heterocycles. The number of hydrogen-bond acceptors (Lipinski definition) is 6. The molecule has 0 aromatic carbocycles. The van der Waals surface area contributed by atoms with E-state index in [9.17, 15) is 9.59 Å². The first-order valence-electron chi connectivity index (χ1n) is 8.56. The third-order valence-electron chi connectivity index (χ3n) is 4.20. The summed E-state index contributed by atoms with van der Waals surface area (Å²) in [7, 11) is 0. The number of ether oxygens (including phenoxy) is 1. The van der Waals surface area contributed by atoms with E-state index in [1.54, 1.807) is 0 Å². The molecular formula is C16H24N4O3S. The van der Waals surface area contributed by atoms with Crippen LogP contribution in [0.1, 0.15) is 36.8 Å². The van der Waals surface area contributed by atoms with Gasteiger partial charge < -0.3 is 10.1 Å². The van der Waals surface area contributed by atoms with Crippen molar-refractivity contribution in [3.05, 3.63) is 10.6 Å². The molecule has 2 aliphatic rings. The van der Waals surface area contributed by atoms with Gasteiger partial charge in [-0.1, -0.05) is 6.92 Å². The molecule has 1 unspecified atom stereocenters. The lowest BCUT2D eigenvalue weighted by molar-refractivity contribution is -0.124. The number of hydrogen-bond donors (Lipinski definition) is 2. The minimum atomic E-state index is -0.343. The van der Waals surface area contributed by atoms with Crippen molar-refractivity contribution in [2.24, 2.45) is 0 Å². The molecule has 0 saturated carbocycles. The lowest BCUT2D eigenvalue weighted by atomic mass is 10.2. The van der Waals surface area contributed by atoms with Crippen molar-refractivity contribution in [1.29, 1.82) is 0 Å². The number of carbonyl (C=O) groups is 2. The van der Waals surface area contributed by atoms with Gasteiger partial charge in [-0.15, -0.1) is 11.3 Å². The number of rotatable bonds is 6. The van der Waals surface area contributed by atoms with Gasteiger partial charge in [0.25, 0.3) is 5.91 Å². The first-order valence-corrected chi connectivity index (χ1v) is 9.37. The molecule has 8 heteroatoms. The fraction of sp³-hybridized carbons (Fsp3) is 0.688. The maximum atomic E-state index is 12.1. The molecule has 2 amide bonds. The predicted molar refractivity (Wildman–Crippen MR) is 92.0 cm³/mol. The van der Waals surface area contributed by atoms with Crippen LogP contribution in [0.5, 0.6) is 0 Å². The van der Waals surface area contributed by atoms with Crippen LogP contribution in [-0.2, 0) is 27.3 Å². The summed E-state index contributed by atoms with van der Waals surface area (Å²) in [6.45, 7) is 5.35. The van der Waals surface area contributed by atoms with Gasteiger partial charge in [0.2, 0.25) is 5.91 Å². The van der Waals surface area contributed by atoms with Crippen LogP contribution in [0.25, 0.3) is 0 Å². The molecule has 3 heterocycles. The number of anilines is 1. The second kappa shape index (κ2) is 8.04. The smallest absolute Gasteiger partial charge is 0.255 e. The molecule has 2 N–H and O–H groups in total. The molecule has 1 saturated heterocycles. The monoisotopic (exact) mass is 352 g/mol. The van der Waals surface area contributed by atoms with Crippen LogP contribution in [0, 0.1) is 0 Å². The number of nitrogens with zero attached hydrogens (tertiary/aromatic N) is 2. The summed E-state index contributed by atoms with van der Waals surface area (Å²) in [4.78, 5) is 31.7. The molecule has 1 atom stereocenters. The van der Waals surface area contributed by atoms with Crippen LogP contribution < -0.4 is 10.6 Å². The van der Waals surface area contributed by atoms with Crippen LogP contribution >= 0.6 is 11.3 Å². The fourth-order valence-corrected chi connectivity index (χ4v) is 3.98. The molecule has 1 aromatic rings. The highest BCUT2D eigenvalue weighted by Crippen LogP contribution is 2.28. The van der Waals surface area contributed by atoms with Gasteiger partial charge in [-0.3, -0.25) is 19.8 Å². The van der Waals surface area contributed by atoms with Crippen LogP contribution in [-0.4, -0.2) is 54.0 Å². The van der Waals surface area contributed by atoms with Gasteiger partial charge in [0.1, 0.15) is 6.10 Å². The van der Waals surface area contributed by atoms with Gasteiger partial charge in [0.05, 0.1) is 12.2 Å². The quantitative estimate of drug-likeness (QED) is 0.802. The zero-order valence-corrected chi connectivity index (χ0v) is 14.8. The minimum absolute atomic E-state index is 0.0664. The number of fused-ring (bicyclic) bond motifs is 1. The average molecular weight is 352 g/mol. The molecule has 0 spiro atoms. The highest BCUT2D eigenvalue weighted by Gasteiger charge is 2.26. The number of amides is 2. The predicted octanol–water partition coefficient (Wildman–Crippen LogP) is 1.14. The molecule has 0 radical (unpaired) electrons. The number of aromatic nitrogens is 1. The highest BCUT2D eigenvalue weighted by atomic mass is 32.1. The average Bonchev–Trinajstić information content (AvgIpc) is 3.21. The Morgan fingerprint density at radius 3 is 3.08 bits per heavy atom. The van der Waals surface area contributed by atoms with Crippen LogP contribution in [0.3, 0.4) is 0 Å². The SMILES string of the molecule is CCCNC(=O)CN1CCc2nc(NC(=O)C3CCCO3)sc2C1. The highest BCUT2D eigenvalue weighted by molar-refractivity contribution is 7.15. The molecular weight excluding hydrogens is 328 g/mol. The molecule has 0 bridgehead atoms. The van der Waals surface area contributed by atoms with E-state index < -0.39 is 0 Å². The molecule has 3 rings (SSSR count). The Balaban J connectivity index is 1.54. The van der Waals surface area contributed by atoms with E-state index in [2.05, 4.69) is 20.5 Å². The Labute approximate surface area is 145 Å². The minimum Gasteiger partial charge on any atom is -0.368 e. The Kier molecular flexibility index (Phi) is 5.80. The molecule has 7 nitrogen and oxygen atoms in total. The molecule has 24 heavy (non-hydrogen) atoms. The van der Waals surface area contributed by atoms with E-state index in [1.807, 2.05) is 6.92 Å². The van der Waals surface area contributed by atoms with E-state index in [-0.39, 0.29) is 17.9 Å². The van der Waals surface area contributed by atoms with Gasteiger partial charge in [0, 0.05) is 37.5 Å². The van der Waals surface area contributed by atoms with Gasteiger partial charge >= 0.3 is 0 Å². The van der Waals surface area contributed by atoms with E-state index in [0.29, 0.717) is 24.8 Å². The Bertz CT molecular complexity index is 598. The van der Waals surface area contributed by atoms with Crippen molar-refractivity contribution in [1.82, 2.24) is 15.2 Å². The van der Waals surface area contributed by atoms with E-state index >= 15 is 0 Å². The van der Waals surface area contributed by atoms with Gasteiger partial charge in [0.15, 0.2) is 5.13 Å². The fourth-order valence-electron chi connectivity index (χ4n) is 2.93. The summed E-state index contributed by atoms with van der Waals surface area (Å²) >= 11 is 1.50. The second-order valence-electron chi connectivity index (χ2n) is 6.19. The Hall–Kier alpha value is -1.51. The van der Waals surface area contributed by atoms with Crippen molar-refractivity contribution in [3.63, 3.8) is 0 Å².